The van der Waals surface area contributed by atoms with Gasteiger partial charge in [-0.15, -0.1) is 0 Å². The second-order valence-electron chi connectivity index (χ2n) is 3.48. The van der Waals surface area contributed by atoms with Gasteiger partial charge in [0.1, 0.15) is 5.75 Å². The molecule has 0 bridgehead atoms. The number of hydrogen-bond acceptors (Lipinski definition) is 2. The van der Waals surface area contributed by atoms with Crippen LogP contribution in [0.2, 0.25) is 0 Å². The third-order valence-electron chi connectivity index (χ3n) is 2.72. The molecule has 78 valence electrons. The molecule has 1 aromatic carbocycles. The third kappa shape index (κ3) is 1.51. The number of benzene rings is 1. The minimum atomic E-state index is 0.110. The Balaban J connectivity index is 2.59. The van der Waals surface area contributed by atoms with Crippen molar-refractivity contribution >= 4 is 27.3 Å². The highest BCUT2D eigenvalue weighted by molar-refractivity contribution is 9.09. The summed E-state index contributed by atoms with van der Waals surface area (Å²) in [7, 11) is 1.60. The molecule has 1 aromatic rings. The molecule has 0 unspecified atom stereocenters. The molecule has 0 amide bonds. The molecule has 0 saturated carbocycles. The molecular formula is C12H11BrO2. The largest absolute Gasteiger partial charge is 0.497 e. The number of Topliss-reactive ketones (excluding diaryl/α,β-unsaturated/α-hetero) is 1. The Morgan fingerprint density at radius 2 is 2.07 bits per heavy atom. The Kier molecular flexibility index (Phi) is 2.65. The average Bonchev–Trinajstić information content (AvgIpc) is 2.51. The van der Waals surface area contributed by atoms with E-state index in [4.69, 9.17) is 4.74 Å². The van der Waals surface area contributed by atoms with Gasteiger partial charge in [-0.1, -0.05) is 22.0 Å². The number of alkyl halides is 1. The van der Waals surface area contributed by atoms with Crippen molar-refractivity contribution in [2.24, 2.45) is 0 Å². The number of carbonyl (C=O) groups is 1. The van der Waals surface area contributed by atoms with E-state index in [0.29, 0.717) is 5.33 Å². The summed E-state index contributed by atoms with van der Waals surface area (Å²) in [6.45, 7) is 1.87. The zero-order valence-corrected chi connectivity index (χ0v) is 10.2. The molecule has 2 rings (SSSR count). The van der Waals surface area contributed by atoms with Crippen LogP contribution in [0.5, 0.6) is 5.75 Å². The number of carbonyl (C=O) groups excluding carboxylic acids is 1. The standard InChI is InChI=1S/C12H11BrO2/c1-7-11(6-13)9-4-3-8(15-2)5-10(9)12(7)14/h3-5H,6H2,1-2H3. The molecule has 1 aliphatic rings. The number of methoxy groups -OCH3 is 1. The first kappa shape index (κ1) is 10.4. The fourth-order valence-electron chi connectivity index (χ4n) is 1.81. The molecule has 2 nitrogen and oxygen atoms in total. The molecule has 0 radical (unpaired) electrons. The lowest BCUT2D eigenvalue weighted by Gasteiger charge is -2.04. The highest BCUT2D eigenvalue weighted by Gasteiger charge is 2.26. The molecule has 0 N–H and O–H groups in total. The van der Waals surface area contributed by atoms with Crippen LogP contribution in [0.3, 0.4) is 0 Å². The molecular weight excluding hydrogens is 256 g/mol. The lowest BCUT2D eigenvalue weighted by atomic mass is 10.1. The van der Waals surface area contributed by atoms with Gasteiger partial charge in [0.25, 0.3) is 0 Å². The Labute approximate surface area is 97.1 Å². The SMILES string of the molecule is COc1ccc2c(c1)C(=O)C(C)=C2CBr. The fraction of sp³-hybridized carbons (Fsp3) is 0.250. The minimum absolute atomic E-state index is 0.110. The predicted molar refractivity (Wildman–Crippen MR) is 63.7 cm³/mol. The van der Waals surface area contributed by atoms with Crippen LogP contribution in [0.1, 0.15) is 22.8 Å². The van der Waals surface area contributed by atoms with Gasteiger partial charge in [-0.3, -0.25) is 4.79 Å². The molecule has 0 aliphatic heterocycles. The van der Waals surface area contributed by atoms with Crippen LogP contribution in [0, 0.1) is 0 Å². The van der Waals surface area contributed by atoms with Crippen molar-refractivity contribution in [2.45, 2.75) is 6.92 Å². The predicted octanol–water partition coefficient (Wildman–Crippen LogP) is 3.06. The Morgan fingerprint density at radius 3 is 2.67 bits per heavy atom. The van der Waals surface area contributed by atoms with Gasteiger partial charge in [0, 0.05) is 16.5 Å². The number of halogens is 1. The first-order valence-corrected chi connectivity index (χ1v) is 5.80. The van der Waals surface area contributed by atoms with E-state index in [2.05, 4.69) is 15.9 Å². The molecule has 0 saturated heterocycles. The van der Waals surface area contributed by atoms with Crippen molar-refractivity contribution in [3.8, 4) is 5.75 Å². The lowest BCUT2D eigenvalue weighted by Crippen LogP contribution is -1.96. The van der Waals surface area contributed by atoms with E-state index in [1.54, 1.807) is 13.2 Å². The fourth-order valence-corrected chi connectivity index (χ4v) is 2.54. The number of rotatable bonds is 2. The van der Waals surface area contributed by atoms with Crippen LogP contribution in [0.25, 0.3) is 5.57 Å². The lowest BCUT2D eigenvalue weighted by molar-refractivity contribution is 0.103. The average molecular weight is 267 g/mol. The maximum atomic E-state index is 11.9. The van der Waals surface area contributed by atoms with Crippen LogP contribution < -0.4 is 4.74 Å². The van der Waals surface area contributed by atoms with E-state index in [1.807, 2.05) is 19.1 Å². The van der Waals surface area contributed by atoms with Gasteiger partial charge in [-0.2, -0.15) is 0 Å². The normalized spacial score (nSPS) is 14.5. The number of ketones is 1. The Bertz CT molecular complexity index is 461. The monoisotopic (exact) mass is 266 g/mol. The van der Waals surface area contributed by atoms with Crippen LogP contribution in [0.4, 0.5) is 0 Å². The van der Waals surface area contributed by atoms with Gasteiger partial charge in [-0.25, -0.2) is 0 Å². The molecule has 1 aliphatic carbocycles. The summed E-state index contributed by atoms with van der Waals surface area (Å²) in [6, 6.07) is 5.63. The molecule has 0 spiro atoms. The van der Waals surface area contributed by atoms with E-state index in [1.165, 1.54) is 0 Å². The molecule has 0 aromatic heterocycles. The zero-order valence-electron chi connectivity index (χ0n) is 8.63. The Morgan fingerprint density at radius 1 is 1.33 bits per heavy atom. The van der Waals surface area contributed by atoms with E-state index >= 15 is 0 Å². The maximum absolute atomic E-state index is 11.9. The molecule has 3 heteroatoms. The second-order valence-corrected chi connectivity index (χ2v) is 4.04. The van der Waals surface area contributed by atoms with Crippen LogP contribution in [0.15, 0.2) is 23.8 Å². The first-order valence-electron chi connectivity index (χ1n) is 4.68. The van der Waals surface area contributed by atoms with Gasteiger partial charge in [-0.05, 0) is 30.2 Å². The maximum Gasteiger partial charge on any atom is 0.189 e. The first-order chi connectivity index (χ1) is 7.19. The van der Waals surface area contributed by atoms with Gasteiger partial charge in [0.05, 0.1) is 7.11 Å². The topological polar surface area (TPSA) is 26.3 Å². The van der Waals surface area contributed by atoms with Crippen molar-refractivity contribution in [1.29, 1.82) is 0 Å². The van der Waals surface area contributed by atoms with Gasteiger partial charge < -0.3 is 4.74 Å². The summed E-state index contributed by atoms with van der Waals surface area (Å²) in [6.07, 6.45) is 0. The van der Waals surface area contributed by atoms with Crippen LogP contribution >= 0.6 is 15.9 Å². The van der Waals surface area contributed by atoms with Crippen molar-refractivity contribution in [1.82, 2.24) is 0 Å². The van der Waals surface area contributed by atoms with E-state index in [-0.39, 0.29) is 5.78 Å². The van der Waals surface area contributed by atoms with E-state index in [9.17, 15) is 4.79 Å². The van der Waals surface area contributed by atoms with E-state index < -0.39 is 0 Å². The summed E-state index contributed by atoms with van der Waals surface area (Å²) in [5.74, 6) is 0.837. The number of allylic oxidation sites excluding steroid dienone is 2. The second kappa shape index (κ2) is 3.81. The summed E-state index contributed by atoms with van der Waals surface area (Å²) >= 11 is 3.41. The summed E-state index contributed by atoms with van der Waals surface area (Å²) in [4.78, 5) is 11.9. The third-order valence-corrected chi connectivity index (χ3v) is 3.28. The molecule has 0 heterocycles. The number of hydrogen-bond donors (Lipinski definition) is 0. The summed E-state index contributed by atoms with van der Waals surface area (Å²) in [5, 5.41) is 0.712. The summed E-state index contributed by atoms with van der Waals surface area (Å²) < 4.78 is 5.11. The molecule has 0 fully saturated rings. The smallest absolute Gasteiger partial charge is 0.189 e. The molecule has 0 atom stereocenters. The number of fused-ring (bicyclic) bond motifs is 1. The quantitative estimate of drug-likeness (QED) is 0.770. The van der Waals surface area contributed by atoms with Crippen LogP contribution in [-0.2, 0) is 0 Å². The van der Waals surface area contributed by atoms with Crippen molar-refractivity contribution in [2.75, 3.05) is 12.4 Å². The van der Waals surface area contributed by atoms with Crippen molar-refractivity contribution in [3.05, 3.63) is 34.9 Å². The number of ether oxygens (including phenoxy) is 1. The zero-order chi connectivity index (χ0) is 11.0. The van der Waals surface area contributed by atoms with E-state index in [0.717, 1.165) is 28.0 Å². The van der Waals surface area contributed by atoms with Gasteiger partial charge in [0.2, 0.25) is 0 Å². The summed E-state index contributed by atoms with van der Waals surface area (Å²) in [5.41, 5.74) is 3.68. The van der Waals surface area contributed by atoms with Gasteiger partial charge >= 0.3 is 0 Å². The highest BCUT2D eigenvalue weighted by Crippen LogP contribution is 2.35. The van der Waals surface area contributed by atoms with Gasteiger partial charge in [0.15, 0.2) is 5.78 Å². The molecule has 15 heavy (non-hydrogen) atoms. The van der Waals surface area contributed by atoms with Crippen molar-refractivity contribution in [3.63, 3.8) is 0 Å². The van der Waals surface area contributed by atoms with Crippen molar-refractivity contribution < 1.29 is 9.53 Å². The highest BCUT2D eigenvalue weighted by atomic mass is 79.9. The van der Waals surface area contributed by atoms with Crippen LogP contribution in [-0.4, -0.2) is 18.2 Å². The minimum Gasteiger partial charge on any atom is -0.497 e. The Hall–Kier alpha value is -1.09.